The zero-order valence-electron chi connectivity index (χ0n) is 18.1. The van der Waals surface area contributed by atoms with Crippen molar-refractivity contribution in [3.63, 3.8) is 0 Å². The standard InChI is InChI=1S/C24H32O5Si/c1-24(2,3)30(20-12-6-4-7-13-20,21-14-8-5-9-15-21)29-19-18-28-23(27)17-11-10-16-22(25)26/h4-9,12-15H,10-11,16-19H2,1-3H3,(H,25,26). The molecule has 6 heteroatoms. The molecule has 0 fully saturated rings. The van der Waals surface area contributed by atoms with Crippen LogP contribution in [0.5, 0.6) is 0 Å². The molecule has 0 aliphatic rings. The Morgan fingerprint density at radius 1 is 0.833 bits per heavy atom. The Morgan fingerprint density at radius 3 is 1.80 bits per heavy atom. The molecule has 0 amide bonds. The summed E-state index contributed by atoms with van der Waals surface area (Å²) in [5, 5.41) is 10.9. The third kappa shape index (κ3) is 6.28. The van der Waals surface area contributed by atoms with Crippen LogP contribution in [-0.4, -0.2) is 38.6 Å². The molecular weight excluding hydrogens is 396 g/mol. The lowest BCUT2D eigenvalue weighted by Crippen LogP contribution is -2.66. The second kappa shape index (κ2) is 11.1. The second-order valence-electron chi connectivity index (χ2n) is 8.33. The number of ether oxygens (including phenoxy) is 1. The van der Waals surface area contributed by atoms with Crippen molar-refractivity contribution in [2.24, 2.45) is 0 Å². The lowest BCUT2D eigenvalue weighted by atomic mass is 10.2. The molecule has 0 atom stereocenters. The van der Waals surface area contributed by atoms with Crippen LogP contribution in [0.3, 0.4) is 0 Å². The summed E-state index contributed by atoms with van der Waals surface area (Å²) in [6, 6.07) is 20.6. The van der Waals surface area contributed by atoms with Crippen LogP contribution in [0.4, 0.5) is 0 Å². The summed E-state index contributed by atoms with van der Waals surface area (Å²) >= 11 is 0. The highest BCUT2D eigenvalue weighted by Gasteiger charge is 2.50. The molecule has 0 spiro atoms. The van der Waals surface area contributed by atoms with Crippen LogP contribution >= 0.6 is 0 Å². The Hall–Kier alpha value is -2.44. The van der Waals surface area contributed by atoms with E-state index in [1.807, 2.05) is 36.4 Å². The van der Waals surface area contributed by atoms with Crippen molar-refractivity contribution in [1.29, 1.82) is 0 Å². The molecule has 2 aromatic rings. The van der Waals surface area contributed by atoms with Crippen LogP contribution in [0.1, 0.15) is 46.5 Å². The summed E-state index contributed by atoms with van der Waals surface area (Å²) in [6.07, 6.45) is 1.29. The van der Waals surface area contributed by atoms with E-state index in [4.69, 9.17) is 14.3 Å². The minimum absolute atomic E-state index is 0.0737. The normalized spacial score (nSPS) is 11.8. The fourth-order valence-electron chi connectivity index (χ4n) is 3.73. The van der Waals surface area contributed by atoms with Gasteiger partial charge in [0, 0.05) is 12.8 Å². The van der Waals surface area contributed by atoms with Crippen molar-refractivity contribution in [1.82, 2.24) is 0 Å². The molecule has 0 saturated heterocycles. The van der Waals surface area contributed by atoms with Crippen LogP contribution in [-0.2, 0) is 18.8 Å². The summed E-state index contributed by atoms with van der Waals surface area (Å²) < 4.78 is 12.0. The van der Waals surface area contributed by atoms with Gasteiger partial charge in [-0.2, -0.15) is 0 Å². The van der Waals surface area contributed by atoms with E-state index in [1.165, 1.54) is 10.4 Å². The summed E-state index contributed by atoms with van der Waals surface area (Å²) in [7, 11) is -2.62. The van der Waals surface area contributed by atoms with Crippen LogP contribution in [0.25, 0.3) is 0 Å². The second-order valence-corrected chi connectivity index (χ2v) is 12.6. The predicted molar refractivity (Wildman–Crippen MR) is 121 cm³/mol. The van der Waals surface area contributed by atoms with Crippen molar-refractivity contribution in [2.75, 3.05) is 13.2 Å². The largest absolute Gasteiger partial charge is 0.481 e. The number of carbonyl (C=O) groups excluding carboxylic acids is 1. The van der Waals surface area contributed by atoms with E-state index in [-0.39, 0.29) is 30.5 Å². The van der Waals surface area contributed by atoms with Crippen LogP contribution in [0.15, 0.2) is 60.7 Å². The van der Waals surface area contributed by atoms with Gasteiger partial charge >= 0.3 is 11.9 Å². The molecule has 2 rings (SSSR count). The average Bonchev–Trinajstić information content (AvgIpc) is 2.71. The lowest BCUT2D eigenvalue weighted by molar-refractivity contribution is -0.145. The maximum absolute atomic E-state index is 11.9. The van der Waals surface area contributed by atoms with Gasteiger partial charge in [-0.25, -0.2) is 0 Å². The first-order valence-corrected chi connectivity index (χ1v) is 12.3. The molecule has 0 unspecified atom stereocenters. The van der Waals surface area contributed by atoms with Gasteiger partial charge in [0.25, 0.3) is 8.32 Å². The van der Waals surface area contributed by atoms with Gasteiger partial charge in [0.05, 0.1) is 6.61 Å². The zero-order chi connectivity index (χ0) is 22.0. The maximum Gasteiger partial charge on any atom is 0.305 e. The number of rotatable bonds is 11. The van der Waals surface area contributed by atoms with Gasteiger partial charge in [0.15, 0.2) is 0 Å². The first kappa shape index (κ1) is 23.8. The van der Waals surface area contributed by atoms with E-state index in [1.54, 1.807) is 0 Å². The van der Waals surface area contributed by atoms with Crippen molar-refractivity contribution in [3.05, 3.63) is 60.7 Å². The van der Waals surface area contributed by atoms with E-state index in [9.17, 15) is 9.59 Å². The number of unbranched alkanes of at least 4 members (excludes halogenated alkanes) is 1. The number of hydrogen-bond acceptors (Lipinski definition) is 4. The van der Waals surface area contributed by atoms with E-state index < -0.39 is 14.3 Å². The van der Waals surface area contributed by atoms with Crippen LogP contribution in [0.2, 0.25) is 5.04 Å². The first-order valence-electron chi connectivity index (χ1n) is 10.4. The number of aliphatic carboxylic acids is 1. The molecule has 0 bridgehead atoms. The summed E-state index contributed by atoms with van der Waals surface area (Å²) in [6.45, 7) is 7.10. The van der Waals surface area contributed by atoms with Gasteiger partial charge < -0.3 is 14.3 Å². The number of carbonyl (C=O) groups is 2. The third-order valence-electron chi connectivity index (χ3n) is 5.10. The molecule has 0 saturated carbocycles. The molecule has 0 heterocycles. The third-order valence-corrected chi connectivity index (χ3v) is 10.1. The number of carboxylic acid groups (broad SMARTS) is 1. The number of benzene rings is 2. The van der Waals surface area contributed by atoms with E-state index >= 15 is 0 Å². The highest BCUT2D eigenvalue weighted by Crippen LogP contribution is 2.36. The SMILES string of the molecule is CC(C)(C)[Si](OCCOC(=O)CCCCC(=O)O)(c1ccccc1)c1ccccc1. The molecule has 0 aromatic heterocycles. The molecular formula is C24H32O5Si. The quantitative estimate of drug-likeness (QED) is 0.335. The molecule has 5 nitrogen and oxygen atoms in total. The fourth-order valence-corrected chi connectivity index (χ4v) is 8.27. The van der Waals surface area contributed by atoms with Crippen molar-refractivity contribution in [3.8, 4) is 0 Å². The Kier molecular flexibility index (Phi) is 8.81. The lowest BCUT2D eigenvalue weighted by Gasteiger charge is -2.43. The van der Waals surface area contributed by atoms with Gasteiger partial charge in [0.1, 0.15) is 6.61 Å². The van der Waals surface area contributed by atoms with Gasteiger partial charge in [-0.1, -0.05) is 81.4 Å². The minimum atomic E-state index is -2.62. The van der Waals surface area contributed by atoms with E-state index in [2.05, 4.69) is 45.0 Å². The monoisotopic (exact) mass is 428 g/mol. The van der Waals surface area contributed by atoms with E-state index in [0.717, 1.165) is 0 Å². The van der Waals surface area contributed by atoms with Crippen molar-refractivity contribution < 1.29 is 23.9 Å². The summed E-state index contributed by atoms with van der Waals surface area (Å²) in [5.41, 5.74) is 0. The molecule has 0 aliphatic carbocycles. The smallest absolute Gasteiger partial charge is 0.305 e. The summed E-state index contributed by atoms with van der Waals surface area (Å²) in [5.74, 6) is -1.16. The van der Waals surface area contributed by atoms with Crippen molar-refractivity contribution in [2.45, 2.75) is 51.5 Å². The van der Waals surface area contributed by atoms with Crippen LogP contribution < -0.4 is 10.4 Å². The molecule has 162 valence electrons. The van der Waals surface area contributed by atoms with Gasteiger partial charge in [-0.05, 0) is 28.3 Å². The Balaban J connectivity index is 2.08. The van der Waals surface area contributed by atoms with Gasteiger partial charge in [-0.3, -0.25) is 9.59 Å². The topological polar surface area (TPSA) is 72.8 Å². The molecule has 30 heavy (non-hydrogen) atoms. The molecule has 0 aliphatic heterocycles. The highest BCUT2D eigenvalue weighted by atomic mass is 28.4. The highest BCUT2D eigenvalue weighted by molar-refractivity contribution is 6.99. The Morgan fingerprint density at radius 2 is 1.33 bits per heavy atom. The van der Waals surface area contributed by atoms with Gasteiger partial charge in [0.2, 0.25) is 0 Å². The minimum Gasteiger partial charge on any atom is -0.481 e. The molecule has 0 radical (unpaired) electrons. The number of carboxylic acids is 1. The zero-order valence-corrected chi connectivity index (χ0v) is 19.1. The predicted octanol–water partition coefficient (Wildman–Crippen LogP) is 3.75. The maximum atomic E-state index is 11.9. The molecule has 1 N–H and O–H groups in total. The summed E-state index contributed by atoms with van der Waals surface area (Å²) in [4.78, 5) is 22.5. The number of esters is 1. The van der Waals surface area contributed by atoms with Crippen molar-refractivity contribution >= 4 is 30.6 Å². The van der Waals surface area contributed by atoms with Crippen LogP contribution in [0, 0.1) is 0 Å². The first-order chi connectivity index (χ1) is 14.3. The average molecular weight is 429 g/mol. The fraction of sp³-hybridized carbons (Fsp3) is 0.417. The Labute approximate surface area is 180 Å². The Bertz CT molecular complexity index is 760. The number of hydrogen-bond donors (Lipinski definition) is 1. The van der Waals surface area contributed by atoms with E-state index in [0.29, 0.717) is 19.4 Å². The molecule has 2 aromatic carbocycles. The van der Waals surface area contributed by atoms with Gasteiger partial charge in [-0.15, -0.1) is 0 Å².